The molecule has 0 N–H and O–H groups in total. The number of hydrogen-bond acceptors (Lipinski definition) is 6. The molecule has 3 rings (SSSR count). The van der Waals surface area contributed by atoms with Gasteiger partial charge in [0, 0.05) is 12.5 Å². The maximum Gasteiger partial charge on any atom is 0.330 e. The van der Waals surface area contributed by atoms with Crippen LogP contribution in [-0.2, 0) is 23.8 Å². The monoisotopic (exact) mass is 235 g/mol. The molecule has 0 amide bonds. The molecule has 0 aromatic carbocycles. The highest BCUT2D eigenvalue weighted by Gasteiger charge is 2.74. The maximum atomic E-state index is 11.7. The molecule has 5 unspecified atom stereocenters. The summed E-state index contributed by atoms with van der Waals surface area (Å²) in [4.78, 5) is 22.8. The van der Waals surface area contributed by atoms with E-state index in [1.807, 2.05) is 6.07 Å². The summed E-state index contributed by atoms with van der Waals surface area (Å²) in [6.45, 7) is 3.30. The minimum atomic E-state index is -1.20. The molecule has 3 heterocycles. The molecule has 3 aliphatic heterocycles. The molecular weight excluding hydrogens is 226 g/mol. The van der Waals surface area contributed by atoms with Crippen molar-refractivity contribution in [2.24, 2.45) is 5.41 Å². The number of nitrogens with zero attached hydrogens (tertiary/aromatic N) is 1. The van der Waals surface area contributed by atoms with Gasteiger partial charge in [0.2, 0.25) is 0 Å². The Kier molecular flexibility index (Phi) is 1.86. The first-order valence-electron chi connectivity index (χ1n) is 5.23. The van der Waals surface area contributed by atoms with Crippen LogP contribution in [0.25, 0.3) is 0 Å². The molecular formula is C11H9NO5. The molecule has 0 aliphatic carbocycles. The van der Waals surface area contributed by atoms with Crippen molar-refractivity contribution >= 4 is 11.9 Å². The summed E-state index contributed by atoms with van der Waals surface area (Å²) in [5.41, 5.74) is -1.20. The SMILES string of the molecule is C=CC(=O)OC1C2CC3(C#N)C(=O)OC1C3O2. The Morgan fingerprint density at radius 3 is 3.12 bits per heavy atom. The van der Waals surface area contributed by atoms with Gasteiger partial charge in [0.1, 0.15) is 12.2 Å². The lowest BCUT2D eigenvalue weighted by atomic mass is 9.75. The number of ether oxygens (including phenoxy) is 3. The summed E-state index contributed by atoms with van der Waals surface area (Å²) in [5, 5.41) is 9.10. The van der Waals surface area contributed by atoms with Gasteiger partial charge in [-0.2, -0.15) is 5.26 Å². The second-order valence-electron chi connectivity index (χ2n) is 4.36. The number of esters is 2. The van der Waals surface area contributed by atoms with Crippen molar-refractivity contribution < 1.29 is 23.8 Å². The summed E-state index contributed by atoms with van der Waals surface area (Å²) in [5.74, 6) is -1.16. The number of fused-ring (bicyclic) bond motifs is 1. The van der Waals surface area contributed by atoms with E-state index in [2.05, 4.69) is 6.58 Å². The predicted octanol–water partition coefficient (Wildman–Crippen LogP) is -0.309. The second kappa shape index (κ2) is 3.08. The number of hydrogen-bond donors (Lipinski definition) is 0. The third kappa shape index (κ3) is 1.07. The van der Waals surface area contributed by atoms with Gasteiger partial charge in [0.15, 0.2) is 17.6 Å². The summed E-state index contributed by atoms with van der Waals surface area (Å²) < 4.78 is 15.7. The zero-order chi connectivity index (χ0) is 12.2. The summed E-state index contributed by atoms with van der Waals surface area (Å²) in [6, 6.07) is 1.98. The van der Waals surface area contributed by atoms with Crippen molar-refractivity contribution in [1.29, 1.82) is 5.26 Å². The molecule has 2 bridgehead atoms. The van der Waals surface area contributed by atoms with E-state index in [1.165, 1.54) is 0 Å². The number of nitriles is 1. The fraction of sp³-hybridized carbons (Fsp3) is 0.545. The van der Waals surface area contributed by atoms with Crippen molar-refractivity contribution in [3.05, 3.63) is 12.7 Å². The fourth-order valence-electron chi connectivity index (χ4n) is 2.76. The molecule has 6 heteroatoms. The molecule has 0 spiro atoms. The van der Waals surface area contributed by atoms with Crippen LogP contribution in [0, 0.1) is 16.7 Å². The lowest BCUT2D eigenvalue weighted by Crippen LogP contribution is -2.44. The van der Waals surface area contributed by atoms with Gasteiger partial charge in [-0.15, -0.1) is 0 Å². The summed E-state index contributed by atoms with van der Waals surface area (Å²) in [6.07, 6.45) is -1.09. The fourth-order valence-corrected chi connectivity index (χ4v) is 2.76. The van der Waals surface area contributed by atoms with Crippen molar-refractivity contribution in [2.45, 2.75) is 30.8 Å². The maximum absolute atomic E-state index is 11.7. The molecule has 0 aromatic rings. The molecule has 0 radical (unpaired) electrons. The summed E-state index contributed by atoms with van der Waals surface area (Å²) >= 11 is 0. The second-order valence-corrected chi connectivity index (χ2v) is 4.36. The first kappa shape index (κ1) is 10.3. The van der Waals surface area contributed by atoms with Gasteiger partial charge in [-0.1, -0.05) is 6.58 Å². The Hall–Kier alpha value is -1.87. The molecule has 17 heavy (non-hydrogen) atoms. The zero-order valence-corrected chi connectivity index (χ0v) is 8.79. The average molecular weight is 235 g/mol. The van der Waals surface area contributed by atoms with Gasteiger partial charge in [-0.3, -0.25) is 4.79 Å². The molecule has 3 saturated heterocycles. The minimum absolute atomic E-state index is 0.221. The first-order chi connectivity index (χ1) is 8.12. The minimum Gasteiger partial charge on any atom is -0.454 e. The van der Waals surface area contributed by atoms with Crippen LogP contribution in [-0.4, -0.2) is 36.4 Å². The van der Waals surface area contributed by atoms with Crippen LogP contribution in [0.5, 0.6) is 0 Å². The smallest absolute Gasteiger partial charge is 0.330 e. The van der Waals surface area contributed by atoms with Crippen molar-refractivity contribution in [2.75, 3.05) is 0 Å². The highest BCUT2D eigenvalue weighted by molar-refractivity contribution is 5.85. The molecule has 6 nitrogen and oxygen atoms in total. The Labute approximate surface area is 96.7 Å². The van der Waals surface area contributed by atoms with Crippen molar-refractivity contribution in [1.82, 2.24) is 0 Å². The lowest BCUT2D eigenvalue weighted by Gasteiger charge is -2.23. The van der Waals surface area contributed by atoms with E-state index in [0.29, 0.717) is 0 Å². The molecule has 88 valence electrons. The number of carbonyl (C=O) groups is 2. The third-order valence-electron chi connectivity index (χ3n) is 3.54. The zero-order valence-electron chi connectivity index (χ0n) is 8.79. The van der Waals surface area contributed by atoms with Gasteiger partial charge in [0.05, 0.1) is 6.07 Å². The van der Waals surface area contributed by atoms with E-state index in [-0.39, 0.29) is 6.42 Å². The van der Waals surface area contributed by atoms with Crippen molar-refractivity contribution in [3.63, 3.8) is 0 Å². The van der Waals surface area contributed by atoms with Crippen LogP contribution in [0.15, 0.2) is 12.7 Å². The largest absolute Gasteiger partial charge is 0.454 e. The molecule has 3 aliphatic rings. The Balaban J connectivity index is 1.89. The van der Waals surface area contributed by atoms with Gasteiger partial charge < -0.3 is 14.2 Å². The normalized spacial score (nSPS) is 45.2. The van der Waals surface area contributed by atoms with Crippen LogP contribution in [0.4, 0.5) is 0 Å². The molecule has 5 atom stereocenters. The first-order valence-corrected chi connectivity index (χ1v) is 5.23. The lowest BCUT2D eigenvalue weighted by molar-refractivity contribution is -0.156. The van der Waals surface area contributed by atoms with E-state index in [4.69, 9.17) is 19.5 Å². The van der Waals surface area contributed by atoms with Gasteiger partial charge in [-0.25, -0.2) is 4.79 Å². The molecule has 3 fully saturated rings. The number of carbonyl (C=O) groups excluding carboxylic acids is 2. The molecule has 0 aromatic heterocycles. The van der Waals surface area contributed by atoms with E-state index in [9.17, 15) is 9.59 Å². The highest BCUT2D eigenvalue weighted by atomic mass is 16.7. The molecule has 0 saturated carbocycles. The summed E-state index contributed by atoms with van der Waals surface area (Å²) in [7, 11) is 0. The predicted molar refractivity (Wildman–Crippen MR) is 51.3 cm³/mol. The number of rotatable bonds is 2. The van der Waals surface area contributed by atoms with Crippen LogP contribution < -0.4 is 0 Å². The van der Waals surface area contributed by atoms with Gasteiger partial charge >= 0.3 is 11.9 Å². The van der Waals surface area contributed by atoms with E-state index in [0.717, 1.165) is 6.08 Å². The Morgan fingerprint density at radius 1 is 1.71 bits per heavy atom. The van der Waals surface area contributed by atoms with Crippen LogP contribution in [0.3, 0.4) is 0 Å². The van der Waals surface area contributed by atoms with Crippen LogP contribution >= 0.6 is 0 Å². The Bertz CT molecular complexity index is 467. The van der Waals surface area contributed by atoms with Crippen LogP contribution in [0.1, 0.15) is 6.42 Å². The van der Waals surface area contributed by atoms with Gasteiger partial charge in [-0.05, 0) is 0 Å². The van der Waals surface area contributed by atoms with E-state index >= 15 is 0 Å². The van der Waals surface area contributed by atoms with E-state index < -0.39 is 41.8 Å². The van der Waals surface area contributed by atoms with E-state index in [1.54, 1.807) is 0 Å². The topological polar surface area (TPSA) is 85.6 Å². The quantitative estimate of drug-likeness (QED) is 0.482. The third-order valence-corrected chi connectivity index (χ3v) is 3.54. The van der Waals surface area contributed by atoms with Gasteiger partial charge in [0.25, 0.3) is 0 Å². The van der Waals surface area contributed by atoms with Crippen molar-refractivity contribution in [3.8, 4) is 6.07 Å². The Morgan fingerprint density at radius 2 is 2.47 bits per heavy atom. The highest BCUT2D eigenvalue weighted by Crippen LogP contribution is 2.54. The van der Waals surface area contributed by atoms with Crippen LogP contribution in [0.2, 0.25) is 0 Å². The average Bonchev–Trinajstić information content (AvgIpc) is 2.90. The standard InChI is InChI=1S/C11H9NO5/c1-2-6(13)16-7-5-3-11(4-12)9(15-5)8(7)17-10(11)14/h2,5,7-9H,1,3H2.